The first kappa shape index (κ1) is 15.8. The number of fused-ring (bicyclic) bond motifs is 1. The molecule has 130 valence electrons. The molecular formula is C13H9ClF6N4. The molecule has 1 saturated heterocycles. The molecule has 1 unspecified atom stereocenters. The zero-order valence-electron chi connectivity index (χ0n) is 11.8. The van der Waals surface area contributed by atoms with E-state index in [-0.39, 0.29) is 22.0 Å². The van der Waals surface area contributed by atoms with Crippen molar-refractivity contribution in [2.45, 2.75) is 30.2 Å². The van der Waals surface area contributed by atoms with Crippen molar-refractivity contribution in [2.75, 3.05) is 18.0 Å². The zero-order valence-corrected chi connectivity index (χ0v) is 12.5. The lowest BCUT2D eigenvalue weighted by atomic mass is 10.2. The second-order valence-corrected chi connectivity index (χ2v) is 6.38. The molecule has 11 heteroatoms. The molecule has 0 bridgehead atoms. The first-order chi connectivity index (χ1) is 11.0. The normalized spacial score (nSPS) is 27.0. The second kappa shape index (κ2) is 4.47. The Hall–Kier alpha value is -1.71. The minimum absolute atomic E-state index is 0.00815. The molecule has 0 spiro atoms. The number of aromatic nitrogens is 3. The van der Waals surface area contributed by atoms with E-state index >= 15 is 0 Å². The summed E-state index contributed by atoms with van der Waals surface area (Å²) in [5.41, 5.74) is 0.0372. The predicted octanol–water partition coefficient (Wildman–Crippen LogP) is 3.76. The second-order valence-electron chi connectivity index (χ2n) is 6.04. The van der Waals surface area contributed by atoms with Gasteiger partial charge >= 0.3 is 11.8 Å². The van der Waals surface area contributed by atoms with Crippen LogP contribution in [-0.4, -0.2) is 45.4 Å². The van der Waals surface area contributed by atoms with Gasteiger partial charge in [0.1, 0.15) is 11.6 Å². The number of hydrogen-bond acceptors (Lipinski definition) is 3. The van der Waals surface area contributed by atoms with Gasteiger partial charge in [-0.1, -0.05) is 0 Å². The lowest BCUT2D eigenvalue weighted by Gasteiger charge is -2.15. The molecule has 0 amide bonds. The van der Waals surface area contributed by atoms with Crippen LogP contribution in [0.2, 0.25) is 5.28 Å². The summed E-state index contributed by atoms with van der Waals surface area (Å²) in [7, 11) is 0. The average Bonchev–Trinajstić information content (AvgIpc) is 2.83. The summed E-state index contributed by atoms with van der Waals surface area (Å²) in [5, 5.41) is -0.234. The predicted molar refractivity (Wildman–Crippen MR) is 73.2 cm³/mol. The molecule has 2 aliphatic rings. The minimum atomic E-state index is -4.22. The van der Waals surface area contributed by atoms with Crippen molar-refractivity contribution < 1.29 is 26.3 Å². The van der Waals surface area contributed by atoms with Crippen molar-refractivity contribution in [1.29, 1.82) is 0 Å². The summed E-state index contributed by atoms with van der Waals surface area (Å²) < 4.78 is 81.7. The zero-order chi connectivity index (χ0) is 17.5. The number of alkyl halides is 6. The summed E-state index contributed by atoms with van der Waals surface area (Å²) in [5.74, 6) is -11.4. The molecule has 24 heavy (non-hydrogen) atoms. The van der Waals surface area contributed by atoms with E-state index < -0.39 is 43.3 Å². The number of hydrogen-bond donors (Lipinski definition) is 0. The highest BCUT2D eigenvalue weighted by molar-refractivity contribution is 6.28. The SMILES string of the molecule is FC1(F)CC1n1cc(N2CC(F)(F)C(F)(F)C2)c2nc(Cl)ncc21. The van der Waals surface area contributed by atoms with Crippen LogP contribution in [-0.2, 0) is 0 Å². The molecule has 4 rings (SSSR count). The largest absolute Gasteiger partial charge is 0.356 e. The lowest BCUT2D eigenvalue weighted by Crippen LogP contribution is -2.38. The Bertz CT molecular complexity index is 819. The maximum atomic E-state index is 13.5. The van der Waals surface area contributed by atoms with Gasteiger partial charge in [0.25, 0.3) is 5.92 Å². The number of anilines is 1. The Morgan fingerprint density at radius 1 is 1.08 bits per heavy atom. The molecule has 3 heterocycles. The molecule has 2 aromatic rings. The Labute approximate surface area is 136 Å². The Morgan fingerprint density at radius 2 is 1.67 bits per heavy atom. The number of nitrogens with zero attached hydrogens (tertiary/aromatic N) is 4. The maximum absolute atomic E-state index is 13.5. The molecule has 1 aliphatic carbocycles. The van der Waals surface area contributed by atoms with Crippen molar-refractivity contribution in [1.82, 2.24) is 14.5 Å². The topological polar surface area (TPSA) is 34.0 Å². The van der Waals surface area contributed by atoms with Crippen LogP contribution in [0, 0.1) is 0 Å². The highest BCUT2D eigenvalue weighted by Crippen LogP contribution is 2.54. The van der Waals surface area contributed by atoms with Crippen molar-refractivity contribution in [3.63, 3.8) is 0 Å². The lowest BCUT2D eigenvalue weighted by molar-refractivity contribution is -0.172. The smallest absolute Gasteiger partial charge is 0.329 e. The van der Waals surface area contributed by atoms with Gasteiger partial charge in [0.05, 0.1) is 30.5 Å². The first-order valence-electron chi connectivity index (χ1n) is 6.93. The third-order valence-electron chi connectivity index (χ3n) is 4.31. The highest BCUT2D eigenvalue weighted by Gasteiger charge is 2.63. The Morgan fingerprint density at radius 3 is 2.21 bits per heavy atom. The van der Waals surface area contributed by atoms with Gasteiger partial charge in [-0.2, -0.15) is 17.6 Å². The van der Waals surface area contributed by atoms with Crippen molar-refractivity contribution in [3.8, 4) is 0 Å². The first-order valence-corrected chi connectivity index (χ1v) is 7.31. The molecule has 1 aliphatic heterocycles. The fourth-order valence-electron chi connectivity index (χ4n) is 2.92. The van der Waals surface area contributed by atoms with Crippen molar-refractivity contribution in [3.05, 3.63) is 17.7 Å². The van der Waals surface area contributed by atoms with E-state index in [0.29, 0.717) is 0 Å². The molecular weight excluding hydrogens is 362 g/mol. The highest BCUT2D eigenvalue weighted by atomic mass is 35.5. The van der Waals surface area contributed by atoms with Gasteiger partial charge in [-0.15, -0.1) is 0 Å². The summed E-state index contributed by atoms with van der Waals surface area (Å²) in [6.45, 7) is -2.47. The third-order valence-corrected chi connectivity index (χ3v) is 4.49. The monoisotopic (exact) mass is 370 g/mol. The Kier molecular flexibility index (Phi) is 2.94. The van der Waals surface area contributed by atoms with E-state index in [1.54, 1.807) is 0 Å². The van der Waals surface area contributed by atoms with Crippen LogP contribution >= 0.6 is 11.6 Å². The van der Waals surface area contributed by atoms with Crippen LogP contribution in [0.3, 0.4) is 0 Å². The van der Waals surface area contributed by atoms with Crippen LogP contribution in [0.5, 0.6) is 0 Å². The minimum Gasteiger partial charge on any atom is -0.356 e. The third kappa shape index (κ3) is 2.15. The van der Waals surface area contributed by atoms with Gasteiger partial charge < -0.3 is 9.47 Å². The van der Waals surface area contributed by atoms with Gasteiger partial charge in [0.15, 0.2) is 0 Å². The van der Waals surface area contributed by atoms with E-state index in [1.165, 1.54) is 6.20 Å². The van der Waals surface area contributed by atoms with Crippen LogP contribution < -0.4 is 4.90 Å². The molecule has 0 radical (unpaired) electrons. The molecule has 0 aromatic carbocycles. The molecule has 2 fully saturated rings. The average molecular weight is 371 g/mol. The van der Waals surface area contributed by atoms with Crippen LogP contribution in [0.4, 0.5) is 32.0 Å². The standard InChI is InChI=1S/C13H9ClF6N4/c14-10-21-2-6-9(22-10)7(3-24(6)8-1-11(8,15)16)23-4-12(17,18)13(19,20)5-23/h2-3,8H,1,4-5H2. The summed E-state index contributed by atoms with van der Waals surface area (Å²) in [6.07, 6.45) is 1.89. The van der Waals surface area contributed by atoms with Gasteiger partial charge in [-0.25, -0.2) is 18.7 Å². The molecule has 2 aromatic heterocycles. The van der Waals surface area contributed by atoms with Crippen LogP contribution in [0.15, 0.2) is 12.4 Å². The van der Waals surface area contributed by atoms with Crippen LogP contribution in [0.1, 0.15) is 12.5 Å². The fraction of sp³-hybridized carbons (Fsp3) is 0.538. The number of rotatable bonds is 2. The van der Waals surface area contributed by atoms with Gasteiger partial charge in [0, 0.05) is 12.6 Å². The van der Waals surface area contributed by atoms with E-state index in [0.717, 1.165) is 15.7 Å². The van der Waals surface area contributed by atoms with E-state index in [9.17, 15) is 26.3 Å². The summed E-state index contributed by atoms with van der Waals surface area (Å²) in [4.78, 5) is 8.29. The molecule has 1 saturated carbocycles. The Balaban J connectivity index is 1.83. The van der Waals surface area contributed by atoms with E-state index in [1.807, 2.05) is 0 Å². The van der Waals surface area contributed by atoms with Crippen LogP contribution in [0.25, 0.3) is 11.0 Å². The van der Waals surface area contributed by atoms with Gasteiger partial charge in [-0.3, -0.25) is 0 Å². The van der Waals surface area contributed by atoms with Crippen molar-refractivity contribution >= 4 is 28.3 Å². The van der Waals surface area contributed by atoms with Gasteiger partial charge in [0.2, 0.25) is 5.28 Å². The van der Waals surface area contributed by atoms with E-state index in [2.05, 4.69) is 9.97 Å². The molecule has 4 nitrogen and oxygen atoms in total. The quantitative estimate of drug-likeness (QED) is 0.596. The summed E-state index contributed by atoms with van der Waals surface area (Å²) in [6, 6.07) is -1.18. The van der Waals surface area contributed by atoms with Crippen molar-refractivity contribution in [2.24, 2.45) is 0 Å². The van der Waals surface area contributed by atoms with Gasteiger partial charge in [-0.05, 0) is 11.6 Å². The van der Waals surface area contributed by atoms with E-state index in [4.69, 9.17) is 11.6 Å². The summed E-state index contributed by atoms with van der Waals surface area (Å²) >= 11 is 5.68. The molecule has 1 atom stereocenters. The number of halogens is 7. The molecule has 0 N–H and O–H groups in total. The maximum Gasteiger partial charge on any atom is 0.329 e. The fourth-order valence-corrected chi connectivity index (χ4v) is 3.05.